The van der Waals surface area contributed by atoms with Crippen LogP contribution in [0.2, 0.25) is 0 Å². The van der Waals surface area contributed by atoms with Crippen molar-refractivity contribution in [3.63, 3.8) is 0 Å². The average molecular weight is 649 g/mol. The fourth-order valence-electron chi connectivity index (χ4n) is 9.01. The summed E-state index contributed by atoms with van der Waals surface area (Å²) in [5, 5.41) is 9.94. The molecule has 0 unspecified atom stereocenters. The summed E-state index contributed by atoms with van der Waals surface area (Å²) in [6.45, 7) is 0. The molecule has 0 amide bonds. The summed E-state index contributed by atoms with van der Waals surface area (Å²) in [5.41, 5.74) is 13.8. The van der Waals surface area contributed by atoms with Crippen LogP contribution >= 0.6 is 0 Å². The Morgan fingerprint density at radius 3 is 1.88 bits per heavy atom. The molecule has 0 fully saturated rings. The summed E-state index contributed by atoms with van der Waals surface area (Å²) >= 11 is 0. The van der Waals surface area contributed by atoms with E-state index in [1.54, 1.807) is 0 Å². The highest BCUT2D eigenvalue weighted by Gasteiger charge is 2.25. The predicted molar refractivity (Wildman–Crippen MR) is 214 cm³/mol. The van der Waals surface area contributed by atoms with Crippen molar-refractivity contribution in [1.29, 1.82) is 0 Å². The van der Waals surface area contributed by atoms with E-state index in [-0.39, 0.29) is 0 Å². The van der Waals surface area contributed by atoms with E-state index in [0.717, 1.165) is 33.2 Å². The molecule has 0 saturated heterocycles. The van der Waals surface area contributed by atoms with Gasteiger partial charge in [0, 0.05) is 48.8 Å². The fourth-order valence-corrected chi connectivity index (χ4v) is 9.01. The second kappa shape index (κ2) is 9.87. The van der Waals surface area contributed by atoms with Crippen LogP contribution in [-0.4, -0.2) is 8.97 Å². The molecular weight excluding hydrogens is 621 g/mol. The van der Waals surface area contributed by atoms with Crippen LogP contribution in [0.1, 0.15) is 0 Å². The maximum absolute atomic E-state index is 6.30. The van der Waals surface area contributed by atoms with E-state index in [1.165, 1.54) is 76.6 Å². The minimum absolute atomic E-state index is 0.907. The van der Waals surface area contributed by atoms with Gasteiger partial charge >= 0.3 is 0 Å². The van der Waals surface area contributed by atoms with Crippen molar-refractivity contribution in [2.45, 2.75) is 0 Å². The lowest BCUT2D eigenvalue weighted by Crippen LogP contribution is -1.95. The zero-order chi connectivity index (χ0) is 33.2. The smallest absolute Gasteiger partial charge is 0.136 e. The molecule has 0 spiro atoms. The molecule has 0 N–H and O–H groups in total. The van der Waals surface area contributed by atoms with E-state index in [1.807, 2.05) is 6.07 Å². The molecule has 4 aromatic heterocycles. The van der Waals surface area contributed by atoms with Gasteiger partial charge in [0.15, 0.2) is 0 Å². The number of aromatic nitrogens is 2. The molecule has 0 atom stereocenters. The number of rotatable bonds is 3. The van der Waals surface area contributed by atoms with Crippen molar-refractivity contribution in [2.24, 2.45) is 0 Å². The summed E-state index contributed by atoms with van der Waals surface area (Å²) in [4.78, 5) is 0. The van der Waals surface area contributed by atoms with Gasteiger partial charge in [0.25, 0.3) is 0 Å². The van der Waals surface area contributed by atoms with Gasteiger partial charge in [-0.15, -0.1) is 0 Å². The second-order valence-electron chi connectivity index (χ2n) is 13.6. The van der Waals surface area contributed by atoms with Crippen molar-refractivity contribution in [3.8, 4) is 27.9 Å². The first kappa shape index (κ1) is 27.0. The molecule has 3 heteroatoms. The van der Waals surface area contributed by atoms with E-state index in [4.69, 9.17) is 4.42 Å². The molecule has 0 aliphatic heterocycles. The molecule has 0 aliphatic carbocycles. The van der Waals surface area contributed by atoms with Crippen LogP contribution in [0.5, 0.6) is 0 Å². The monoisotopic (exact) mass is 648 g/mol. The lowest BCUT2D eigenvalue weighted by atomic mass is 9.95. The summed E-state index contributed by atoms with van der Waals surface area (Å²) in [6.07, 6.45) is 0. The lowest BCUT2D eigenvalue weighted by Gasteiger charge is -2.13. The minimum Gasteiger partial charge on any atom is -0.456 e. The van der Waals surface area contributed by atoms with Gasteiger partial charge in [0.1, 0.15) is 11.2 Å². The second-order valence-corrected chi connectivity index (χ2v) is 13.6. The van der Waals surface area contributed by atoms with Crippen LogP contribution in [-0.2, 0) is 0 Å². The Morgan fingerprint density at radius 1 is 0.353 bits per heavy atom. The molecule has 12 rings (SSSR count). The highest BCUT2D eigenvalue weighted by molar-refractivity contribution is 6.35. The van der Waals surface area contributed by atoms with Crippen LogP contribution < -0.4 is 0 Å². The van der Waals surface area contributed by atoms with Crippen LogP contribution in [0.25, 0.3) is 110 Å². The first-order chi connectivity index (χ1) is 25.3. The molecule has 236 valence electrons. The normalized spacial score (nSPS) is 12.3. The van der Waals surface area contributed by atoms with Gasteiger partial charge in [0.05, 0.1) is 27.6 Å². The quantitative estimate of drug-likeness (QED) is 0.187. The van der Waals surface area contributed by atoms with Crippen molar-refractivity contribution in [3.05, 3.63) is 170 Å². The minimum atomic E-state index is 0.907. The largest absolute Gasteiger partial charge is 0.456 e. The van der Waals surface area contributed by atoms with Gasteiger partial charge in [0.2, 0.25) is 0 Å². The van der Waals surface area contributed by atoms with Gasteiger partial charge in [-0.25, -0.2) is 0 Å². The number of hydrogen-bond donors (Lipinski definition) is 0. The molecule has 0 bridgehead atoms. The number of benzene rings is 8. The van der Waals surface area contributed by atoms with E-state index < -0.39 is 0 Å². The van der Waals surface area contributed by atoms with E-state index in [9.17, 15) is 0 Å². The Hall–Kier alpha value is -6.84. The summed E-state index contributed by atoms with van der Waals surface area (Å²) < 4.78 is 11.3. The summed E-state index contributed by atoms with van der Waals surface area (Å²) in [7, 11) is 0. The molecule has 12 aromatic rings. The van der Waals surface area contributed by atoms with Crippen molar-refractivity contribution in [2.75, 3.05) is 0 Å². The topological polar surface area (TPSA) is 22.5 Å². The molecular formula is C48H28N2O. The molecule has 0 saturated carbocycles. The highest BCUT2D eigenvalue weighted by atomic mass is 16.3. The fraction of sp³-hybridized carbons (Fsp3) is 0. The predicted octanol–water partition coefficient (Wildman–Crippen LogP) is 13.2. The van der Waals surface area contributed by atoms with Crippen LogP contribution in [0, 0.1) is 0 Å². The standard InChI is InChI=1S/C48H28N2O/c1-2-12-29(13-3-1)33-24-26-40-46-45(33)36-17-5-8-21-39(36)50-38-20-7-4-16-34(38)35-25-27-41(47(46)48(35)50)49(40)31-15-10-14-30(28-31)32-19-11-23-43-44(32)37-18-6-9-22-42(37)51-43/h1-28H. The molecule has 0 radical (unpaired) electrons. The van der Waals surface area contributed by atoms with Gasteiger partial charge in [-0.2, -0.15) is 0 Å². The van der Waals surface area contributed by atoms with Crippen molar-refractivity contribution in [1.82, 2.24) is 8.97 Å². The first-order valence-corrected chi connectivity index (χ1v) is 17.5. The maximum Gasteiger partial charge on any atom is 0.136 e. The third kappa shape index (κ3) is 3.52. The van der Waals surface area contributed by atoms with Crippen LogP contribution in [0.4, 0.5) is 0 Å². The third-order valence-corrected chi connectivity index (χ3v) is 11.0. The van der Waals surface area contributed by atoms with Gasteiger partial charge < -0.3 is 13.4 Å². The average Bonchev–Trinajstić information content (AvgIpc) is 3.82. The highest BCUT2D eigenvalue weighted by Crippen LogP contribution is 2.48. The third-order valence-electron chi connectivity index (χ3n) is 11.0. The van der Waals surface area contributed by atoms with Gasteiger partial charge in [-0.3, -0.25) is 0 Å². The van der Waals surface area contributed by atoms with Gasteiger partial charge in [-0.05, 0) is 70.8 Å². The van der Waals surface area contributed by atoms with E-state index >= 15 is 0 Å². The molecule has 3 nitrogen and oxygen atoms in total. The number of furan rings is 1. The van der Waals surface area contributed by atoms with Crippen molar-refractivity contribution >= 4 is 81.8 Å². The Bertz CT molecular complexity index is 3360. The Labute approximate surface area is 292 Å². The molecule has 0 aliphatic rings. The Balaban J connectivity index is 1.26. The Morgan fingerprint density at radius 2 is 1.00 bits per heavy atom. The zero-order valence-corrected chi connectivity index (χ0v) is 27.5. The maximum atomic E-state index is 6.30. The summed E-state index contributed by atoms with van der Waals surface area (Å²) in [5.74, 6) is 0. The van der Waals surface area contributed by atoms with Crippen LogP contribution in [0.15, 0.2) is 174 Å². The molecule has 4 heterocycles. The Kier molecular flexibility index (Phi) is 5.23. The van der Waals surface area contributed by atoms with Crippen LogP contribution in [0.3, 0.4) is 0 Å². The van der Waals surface area contributed by atoms with E-state index in [2.05, 4.69) is 173 Å². The zero-order valence-electron chi connectivity index (χ0n) is 27.5. The van der Waals surface area contributed by atoms with E-state index in [0.29, 0.717) is 0 Å². The molecule has 8 aromatic carbocycles. The number of hydrogen-bond acceptors (Lipinski definition) is 1. The van der Waals surface area contributed by atoms with Crippen molar-refractivity contribution < 1.29 is 4.42 Å². The first-order valence-electron chi connectivity index (χ1n) is 17.5. The molecule has 51 heavy (non-hydrogen) atoms. The summed E-state index contributed by atoms with van der Waals surface area (Å²) in [6, 6.07) is 61.7. The lowest BCUT2D eigenvalue weighted by molar-refractivity contribution is 0.669. The van der Waals surface area contributed by atoms with Gasteiger partial charge in [-0.1, -0.05) is 121 Å². The SMILES string of the molecule is c1ccc(-c2ccc3c4c2c2ccccc2n2c5ccccc5c5ccc(c4c52)n3-c2cccc(-c3cccc4oc5ccccc5c34)c2)cc1. The number of fused-ring (bicyclic) bond motifs is 9. The number of nitrogens with zero attached hydrogens (tertiary/aromatic N) is 2. The number of para-hydroxylation sites is 3.